The molecule has 0 unspecified atom stereocenters. The Labute approximate surface area is 135 Å². The van der Waals surface area contributed by atoms with Crippen molar-refractivity contribution in [2.45, 2.75) is 20.8 Å². The number of aryl methyl sites for hydroxylation is 1. The van der Waals surface area contributed by atoms with Gasteiger partial charge in [-0.05, 0) is 20.8 Å². The standard InChI is InChI=1S/C15H16BN3O4/c1-4-21-12-6-13(23-16)17-8-11(12)14-18-7-10(9(3)19-14)15(20)22-5-2/h6-8H,4-5H2,1-3H3. The van der Waals surface area contributed by atoms with Crippen LogP contribution in [0, 0.1) is 6.92 Å². The number of ether oxygens (including phenoxy) is 2. The van der Waals surface area contributed by atoms with E-state index < -0.39 is 5.97 Å². The van der Waals surface area contributed by atoms with Crippen molar-refractivity contribution in [3.05, 3.63) is 29.7 Å². The molecule has 118 valence electrons. The fraction of sp³-hybridized carbons (Fsp3) is 0.333. The molecule has 0 N–H and O–H groups in total. The Morgan fingerprint density at radius 1 is 1.22 bits per heavy atom. The van der Waals surface area contributed by atoms with Crippen LogP contribution in [0.25, 0.3) is 11.4 Å². The smallest absolute Gasteiger partial charge is 0.376 e. The molecule has 23 heavy (non-hydrogen) atoms. The molecule has 2 rings (SSSR count). The summed E-state index contributed by atoms with van der Waals surface area (Å²) >= 11 is 0. The molecule has 2 heterocycles. The third-order valence-corrected chi connectivity index (χ3v) is 2.98. The highest BCUT2D eigenvalue weighted by atomic mass is 16.5. The lowest BCUT2D eigenvalue weighted by atomic mass is 10.2. The van der Waals surface area contributed by atoms with Gasteiger partial charge in [-0.2, -0.15) is 0 Å². The Balaban J connectivity index is 2.42. The van der Waals surface area contributed by atoms with Crippen LogP contribution in [0.5, 0.6) is 11.6 Å². The van der Waals surface area contributed by atoms with Crippen LogP contribution in [-0.4, -0.2) is 42.2 Å². The summed E-state index contributed by atoms with van der Waals surface area (Å²) in [5, 5.41) is 0. The van der Waals surface area contributed by atoms with E-state index in [2.05, 4.69) is 19.6 Å². The van der Waals surface area contributed by atoms with Crippen molar-refractivity contribution in [2.24, 2.45) is 0 Å². The number of esters is 1. The number of pyridine rings is 1. The van der Waals surface area contributed by atoms with Crippen LogP contribution in [0.1, 0.15) is 29.9 Å². The summed E-state index contributed by atoms with van der Waals surface area (Å²) in [6.45, 7) is 6.04. The van der Waals surface area contributed by atoms with Crippen LogP contribution in [0.3, 0.4) is 0 Å². The fourth-order valence-corrected chi connectivity index (χ4v) is 1.93. The lowest BCUT2D eigenvalue weighted by molar-refractivity contribution is 0.0524. The van der Waals surface area contributed by atoms with E-state index in [0.29, 0.717) is 41.6 Å². The van der Waals surface area contributed by atoms with Crippen LogP contribution in [0.15, 0.2) is 18.5 Å². The summed E-state index contributed by atoms with van der Waals surface area (Å²) in [5.74, 6) is 0.643. The van der Waals surface area contributed by atoms with Crippen molar-refractivity contribution in [1.82, 2.24) is 15.0 Å². The number of rotatable bonds is 6. The van der Waals surface area contributed by atoms with E-state index in [4.69, 9.17) is 17.5 Å². The minimum atomic E-state index is -0.452. The van der Waals surface area contributed by atoms with E-state index in [-0.39, 0.29) is 5.88 Å². The first-order valence-corrected chi connectivity index (χ1v) is 7.11. The summed E-state index contributed by atoms with van der Waals surface area (Å²) < 4.78 is 15.1. The maximum atomic E-state index is 11.8. The fourth-order valence-electron chi connectivity index (χ4n) is 1.93. The van der Waals surface area contributed by atoms with E-state index in [0.717, 1.165) is 0 Å². The zero-order valence-electron chi connectivity index (χ0n) is 13.2. The van der Waals surface area contributed by atoms with E-state index in [1.807, 2.05) is 6.92 Å². The second-order valence-electron chi connectivity index (χ2n) is 4.48. The van der Waals surface area contributed by atoms with Gasteiger partial charge >= 0.3 is 14.0 Å². The summed E-state index contributed by atoms with van der Waals surface area (Å²) in [4.78, 5) is 24.4. The monoisotopic (exact) mass is 313 g/mol. The van der Waals surface area contributed by atoms with Gasteiger partial charge < -0.3 is 14.1 Å². The molecule has 0 aromatic carbocycles. The van der Waals surface area contributed by atoms with Gasteiger partial charge in [0.15, 0.2) is 11.7 Å². The van der Waals surface area contributed by atoms with Gasteiger partial charge in [0.1, 0.15) is 5.75 Å². The normalized spacial score (nSPS) is 10.2. The van der Waals surface area contributed by atoms with Crippen molar-refractivity contribution < 1.29 is 18.9 Å². The number of carbonyl (C=O) groups excluding carboxylic acids is 1. The lowest BCUT2D eigenvalue weighted by Gasteiger charge is -2.11. The molecule has 2 radical (unpaired) electrons. The van der Waals surface area contributed by atoms with Gasteiger partial charge in [0.2, 0.25) is 0 Å². The molecule has 8 heteroatoms. The highest BCUT2D eigenvalue weighted by Crippen LogP contribution is 2.30. The minimum absolute atomic E-state index is 0.220. The molecule has 0 aliphatic carbocycles. The topological polar surface area (TPSA) is 83.4 Å². The molecule has 0 aliphatic heterocycles. The van der Waals surface area contributed by atoms with Gasteiger partial charge in [0.25, 0.3) is 0 Å². The Bertz CT molecular complexity index is 709. The molecule has 0 saturated heterocycles. The summed E-state index contributed by atoms with van der Waals surface area (Å²) in [6.07, 6.45) is 2.94. The van der Waals surface area contributed by atoms with Crippen molar-refractivity contribution in [3.8, 4) is 23.0 Å². The number of hydrogen-bond acceptors (Lipinski definition) is 7. The van der Waals surface area contributed by atoms with E-state index in [9.17, 15) is 4.79 Å². The lowest BCUT2D eigenvalue weighted by Crippen LogP contribution is -2.09. The molecular formula is C15H16BN3O4. The average molecular weight is 313 g/mol. The third-order valence-electron chi connectivity index (χ3n) is 2.98. The van der Waals surface area contributed by atoms with Crippen LogP contribution in [0.4, 0.5) is 0 Å². The first-order chi connectivity index (χ1) is 11.1. The summed E-state index contributed by atoms with van der Waals surface area (Å²) in [7, 11) is 5.11. The first kappa shape index (κ1) is 16.7. The molecule has 2 aromatic rings. The summed E-state index contributed by atoms with van der Waals surface area (Å²) in [6, 6.07) is 1.55. The zero-order valence-corrected chi connectivity index (χ0v) is 13.2. The van der Waals surface area contributed by atoms with E-state index in [1.165, 1.54) is 12.4 Å². The average Bonchev–Trinajstić information content (AvgIpc) is 2.55. The second kappa shape index (κ2) is 7.57. The molecular weight excluding hydrogens is 297 g/mol. The van der Waals surface area contributed by atoms with Crippen molar-refractivity contribution >= 4 is 14.0 Å². The van der Waals surface area contributed by atoms with Gasteiger partial charge in [-0.25, -0.2) is 19.7 Å². The highest BCUT2D eigenvalue weighted by molar-refractivity contribution is 5.99. The minimum Gasteiger partial charge on any atom is -0.555 e. The Morgan fingerprint density at radius 3 is 2.61 bits per heavy atom. The Hall–Kier alpha value is -2.64. The quantitative estimate of drug-likeness (QED) is 0.594. The Morgan fingerprint density at radius 2 is 2.00 bits per heavy atom. The highest BCUT2D eigenvalue weighted by Gasteiger charge is 2.16. The first-order valence-electron chi connectivity index (χ1n) is 7.11. The molecule has 0 spiro atoms. The molecule has 0 atom stereocenters. The Kier molecular flexibility index (Phi) is 5.51. The molecule has 0 aliphatic rings. The predicted octanol–water partition coefficient (Wildman–Crippen LogP) is 1.88. The van der Waals surface area contributed by atoms with Crippen LogP contribution in [0.2, 0.25) is 0 Å². The number of carbonyl (C=O) groups is 1. The van der Waals surface area contributed by atoms with Gasteiger partial charge in [-0.3, -0.25) is 0 Å². The van der Waals surface area contributed by atoms with E-state index in [1.54, 1.807) is 19.9 Å². The number of aromatic nitrogens is 3. The van der Waals surface area contributed by atoms with Crippen molar-refractivity contribution in [2.75, 3.05) is 13.2 Å². The largest absolute Gasteiger partial charge is 0.555 e. The second-order valence-corrected chi connectivity index (χ2v) is 4.48. The van der Waals surface area contributed by atoms with E-state index >= 15 is 0 Å². The molecule has 0 saturated carbocycles. The van der Waals surface area contributed by atoms with Gasteiger partial charge in [0.05, 0.1) is 30.0 Å². The predicted molar refractivity (Wildman–Crippen MR) is 83.5 cm³/mol. The third kappa shape index (κ3) is 3.77. The number of hydrogen-bond donors (Lipinski definition) is 0. The molecule has 2 aromatic heterocycles. The molecule has 7 nitrogen and oxygen atoms in total. The molecule has 0 amide bonds. The maximum absolute atomic E-state index is 11.8. The molecule has 0 fully saturated rings. The number of nitrogens with zero attached hydrogens (tertiary/aromatic N) is 3. The van der Waals surface area contributed by atoms with Gasteiger partial charge in [0, 0.05) is 18.5 Å². The van der Waals surface area contributed by atoms with Gasteiger partial charge in [-0.1, -0.05) is 0 Å². The SMILES string of the molecule is [B]Oc1cc(OCC)c(-c2ncc(C(=O)OCC)c(C)n2)cn1. The van der Waals surface area contributed by atoms with Gasteiger partial charge in [-0.15, -0.1) is 0 Å². The van der Waals surface area contributed by atoms with Crippen molar-refractivity contribution in [3.63, 3.8) is 0 Å². The van der Waals surface area contributed by atoms with Crippen LogP contribution >= 0.6 is 0 Å². The zero-order chi connectivity index (χ0) is 16.8. The molecule has 0 bridgehead atoms. The maximum Gasteiger partial charge on any atom is 0.376 e. The van der Waals surface area contributed by atoms with Crippen LogP contribution in [-0.2, 0) is 4.74 Å². The van der Waals surface area contributed by atoms with Crippen LogP contribution < -0.4 is 9.39 Å². The van der Waals surface area contributed by atoms with Crippen molar-refractivity contribution in [1.29, 1.82) is 0 Å². The summed E-state index contributed by atoms with van der Waals surface area (Å²) in [5.41, 5.74) is 1.41.